The van der Waals surface area contributed by atoms with Gasteiger partial charge in [0.15, 0.2) is 11.7 Å². The Labute approximate surface area is 173 Å². The van der Waals surface area contributed by atoms with Gasteiger partial charge in [-0.25, -0.2) is 4.98 Å². The number of hydrogen-bond acceptors (Lipinski definition) is 7. The van der Waals surface area contributed by atoms with Crippen molar-refractivity contribution in [1.82, 2.24) is 4.98 Å². The summed E-state index contributed by atoms with van der Waals surface area (Å²) in [7, 11) is 3.20. The second-order valence-corrected chi connectivity index (χ2v) is 6.70. The summed E-state index contributed by atoms with van der Waals surface area (Å²) in [5.41, 5.74) is 1.47. The molecule has 0 unspecified atom stereocenters. The van der Waals surface area contributed by atoms with Crippen molar-refractivity contribution in [2.75, 3.05) is 32.8 Å². The summed E-state index contributed by atoms with van der Waals surface area (Å²) in [5, 5.41) is 5.07. The van der Waals surface area contributed by atoms with Gasteiger partial charge in [-0.2, -0.15) is 0 Å². The number of thiazole rings is 1. The number of nitrogens with one attached hydrogen (secondary N) is 1. The van der Waals surface area contributed by atoms with E-state index in [4.69, 9.17) is 18.9 Å². The average molecular weight is 414 g/mol. The molecule has 0 saturated carbocycles. The summed E-state index contributed by atoms with van der Waals surface area (Å²) in [5.74, 6) is 2.42. The molecule has 1 aromatic heterocycles. The molecule has 1 N–H and O–H groups in total. The zero-order valence-corrected chi connectivity index (χ0v) is 17.2. The number of benzene rings is 2. The third-order valence-electron chi connectivity index (χ3n) is 3.94. The van der Waals surface area contributed by atoms with E-state index in [9.17, 15) is 4.79 Å². The van der Waals surface area contributed by atoms with Crippen molar-refractivity contribution < 1.29 is 23.7 Å². The molecule has 1 heterocycles. The van der Waals surface area contributed by atoms with Crippen molar-refractivity contribution in [2.45, 2.75) is 6.92 Å². The number of methoxy groups -OCH3 is 2. The van der Waals surface area contributed by atoms with Gasteiger partial charge in [-0.1, -0.05) is 0 Å². The van der Waals surface area contributed by atoms with Gasteiger partial charge in [-0.3, -0.25) is 10.1 Å². The number of amides is 1. The molecular formula is C21H22N2O5S. The van der Waals surface area contributed by atoms with E-state index in [0.717, 1.165) is 11.3 Å². The quantitative estimate of drug-likeness (QED) is 0.564. The molecule has 2 aromatic carbocycles. The van der Waals surface area contributed by atoms with E-state index in [-0.39, 0.29) is 12.5 Å². The van der Waals surface area contributed by atoms with Crippen LogP contribution in [0.5, 0.6) is 23.0 Å². The van der Waals surface area contributed by atoms with Crippen LogP contribution in [0.25, 0.3) is 11.3 Å². The molecule has 8 heteroatoms. The lowest BCUT2D eigenvalue weighted by atomic mass is 10.1. The lowest BCUT2D eigenvalue weighted by Gasteiger charge is -2.08. The van der Waals surface area contributed by atoms with Gasteiger partial charge in [0.2, 0.25) is 0 Å². The standard InChI is InChI=1S/C21H22N2O5S/c1-4-27-14-5-7-15(8-6-14)28-12-20(24)23-21-22-18(13-29-21)17-11-16(25-2)9-10-19(17)26-3/h5-11,13H,4,12H2,1-3H3,(H,22,23,24). The van der Waals surface area contributed by atoms with Crippen LogP contribution < -0.4 is 24.3 Å². The Morgan fingerprint density at radius 1 is 1.00 bits per heavy atom. The van der Waals surface area contributed by atoms with Gasteiger partial charge >= 0.3 is 0 Å². The van der Waals surface area contributed by atoms with Crippen molar-refractivity contribution >= 4 is 22.4 Å². The van der Waals surface area contributed by atoms with Gasteiger partial charge in [0.1, 0.15) is 23.0 Å². The first-order valence-corrected chi connectivity index (χ1v) is 9.84. The molecule has 3 aromatic rings. The molecule has 0 aliphatic rings. The smallest absolute Gasteiger partial charge is 0.264 e. The van der Waals surface area contributed by atoms with E-state index in [0.29, 0.717) is 34.7 Å². The number of nitrogens with zero attached hydrogens (tertiary/aromatic N) is 1. The maximum absolute atomic E-state index is 12.2. The molecule has 29 heavy (non-hydrogen) atoms. The highest BCUT2D eigenvalue weighted by Gasteiger charge is 2.13. The van der Waals surface area contributed by atoms with Gasteiger partial charge in [0, 0.05) is 10.9 Å². The Balaban J connectivity index is 1.60. The minimum Gasteiger partial charge on any atom is -0.497 e. The maximum atomic E-state index is 12.2. The molecule has 0 spiro atoms. The van der Waals surface area contributed by atoms with Crippen molar-refractivity contribution in [1.29, 1.82) is 0 Å². The second-order valence-electron chi connectivity index (χ2n) is 5.85. The third-order valence-corrected chi connectivity index (χ3v) is 4.70. The molecule has 0 saturated heterocycles. The van der Waals surface area contributed by atoms with Crippen molar-refractivity contribution in [3.05, 3.63) is 47.8 Å². The summed E-state index contributed by atoms with van der Waals surface area (Å²) in [4.78, 5) is 16.7. The summed E-state index contributed by atoms with van der Waals surface area (Å²) < 4.78 is 21.5. The first kappa shape index (κ1) is 20.5. The van der Waals surface area contributed by atoms with Crippen LogP contribution in [0.1, 0.15) is 6.92 Å². The van der Waals surface area contributed by atoms with Crippen LogP contribution in [0, 0.1) is 0 Å². The van der Waals surface area contributed by atoms with Crippen LogP contribution in [0.4, 0.5) is 5.13 Å². The molecule has 0 aliphatic heterocycles. The fourth-order valence-corrected chi connectivity index (χ4v) is 3.30. The van der Waals surface area contributed by atoms with E-state index < -0.39 is 0 Å². The van der Waals surface area contributed by atoms with Crippen molar-refractivity contribution in [3.63, 3.8) is 0 Å². The molecule has 0 aliphatic carbocycles. The van der Waals surface area contributed by atoms with Crippen molar-refractivity contribution in [3.8, 4) is 34.3 Å². The number of rotatable bonds is 9. The average Bonchev–Trinajstić information content (AvgIpc) is 3.21. The molecule has 7 nitrogen and oxygen atoms in total. The molecule has 1 amide bonds. The predicted molar refractivity (Wildman–Crippen MR) is 112 cm³/mol. The fourth-order valence-electron chi connectivity index (χ4n) is 2.57. The van der Waals surface area contributed by atoms with E-state index in [2.05, 4.69) is 10.3 Å². The second kappa shape index (κ2) is 9.79. The summed E-state index contributed by atoms with van der Waals surface area (Å²) in [6.45, 7) is 2.40. The van der Waals surface area contributed by atoms with E-state index in [1.807, 2.05) is 30.5 Å². The van der Waals surface area contributed by atoms with Gasteiger partial charge in [0.05, 0.1) is 26.5 Å². The lowest BCUT2D eigenvalue weighted by molar-refractivity contribution is -0.118. The molecule has 0 bridgehead atoms. The first-order chi connectivity index (χ1) is 14.1. The molecule has 0 fully saturated rings. The SMILES string of the molecule is CCOc1ccc(OCC(=O)Nc2nc(-c3cc(OC)ccc3OC)cs2)cc1. The Bertz CT molecular complexity index is 956. The summed E-state index contributed by atoms with van der Waals surface area (Å²) >= 11 is 1.32. The highest BCUT2D eigenvalue weighted by Crippen LogP contribution is 2.35. The van der Waals surface area contributed by atoms with Crippen LogP contribution in [-0.4, -0.2) is 38.3 Å². The van der Waals surface area contributed by atoms with E-state index in [1.165, 1.54) is 11.3 Å². The minimum atomic E-state index is -0.294. The zero-order chi connectivity index (χ0) is 20.6. The van der Waals surface area contributed by atoms with Crippen LogP contribution >= 0.6 is 11.3 Å². The third kappa shape index (κ3) is 5.39. The molecule has 0 radical (unpaired) electrons. The lowest BCUT2D eigenvalue weighted by Crippen LogP contribution is -2.20. The fraction of sp³-hybridized carbons (Fsp3) is 0.238. The molecule has 0 atom stereocenters. The molecular weight excluding hydrogens is 392 g/mol. The highest BCUT2D eigenvalue weighted by molar-refractivity contribution is 7.14. The number of ether oxygens (including phenoxy) is 4. The van der Waals surface area contributed by atoms with Crippen LogP contribution in [-0.2, 0) is 4.79 Å². The Hall–Kier alpha value is -3.26. The molecule has 3 rings (SSSR count). The minimum absolute atomic E-state index is 0.120. The van der Waals surface area contributed by atoms with Crippen molar-refractivity contribution in [2.24, 2.45) is 0 Å². The van der Waals surface area contributed by atoms with E-state index in [1.54, 1.807) is 38.5 Å². The molecule has 152 valence electrons. The van der Waals surface area contributed by atoms with Gasteiger partial charge in [-0.05, 0) is 49.4 Å². The largest absolute Gasteiger partial charge is 0.497 e. The highest BCUT2D eigenvalue weighted by atomic mass is 32.1. The summed E-state index contributed by atoms with van der Waals surface area (Å²) in [6.07, 6.45) is 0. The number of carbonyl (C=O) groups is 1. The number of carbonyl (C=O) groups excluding carboxylic acids is 1. The Morgan fingerprint density at radius 2 is 1.69 bits per heavy atom. The Morgan fingerprint density at radius 3 is 2.34 bits per heavy atom. The van der Waals surface area contributed by atoms with Gasteiger partial charge < -0.3 is 18.9 Å². The number of aromatic nitrogens is 1. The monoisotopic (exact) mass is 414 g/mol. The zero-order valence-electron chi connectivity index (χ0n) is 16.4. The number of hydrogen-bond donors (Lipinski definition) is 1. The van der Waals surface area contributed by atoms with Crippen LogP contribution in [0.15, 0.2) is 47.8 Å². The maximum Gasteiger partial charge on any atom is 0.264 e. The summed E-state index contributed by atoms with van der Waals surface area (Å²) in [6, 6.07) is 12.6. The van der Waals surface area contributed by atoms with Crippen LogP contribution in [0.3, 0.4) is 0 Å². The normalized spacial score (nSPS) is 10.3. The Kier molecular flexibility index (Phi) is 6.91. The topological polar surface area (TPSA) is 78.9 Å². The van der Waals surface area contributed by atoms with Crippen LogP contribution in [0.2, 0.25) is 0 Å². The first-order valence-electron chi connectivity index (χ1n) is 8.96. The predicted octanol–water partition coefficient (Wildman–Crippen LogP) is 4.24. The number of anilines is 1. The van der Waals surface area contributed by atoms with Gasteiger partial charge in [0.25, 0.3) is 5.91 Å². The van der Waals surface area contributed by atoms with Gasteiger partial charge in [-0.15, -0.1) is 11.3 Å². The van der Waals surface area contributed by atoms with E-state index >= 15 is 0 Å².